The quantitative estimate of drug-likeness (QED) is 0.384. The fourth-order valence-corrected chi connectivity index (χ4v) is 6.25. The molecule has 0 saturated carbocycles. The number of carbonyl (C=O) groups is 1. The monoisotopic (exact) mass is 535 g/mol. The number of rotatable bonds is 4. The second-order valence-electron chi connectivity index (χ2n) is 8.73. The van der Waals surface area contributed by atoms with Gasteiger partial charge in [0.05, 0.1) is 28.4 Å². The molecule has 0 bridgehead atoms. The highest BCUT2D eigenvalue weighted by Gasteiger charge is 2.31. The highest BCUT2D eigenvalue weighted by molar-refractivity contribution is 7.92. The van der Waals surface area contributed by atoms with Crippen LogP contribution in [0.4, 0.5) is 27.4 Å². The molecule has 2 aliphatic rings. The molecule has 2 aliphatic heterocycles. The molecule has 186 valence electrons. The predicted octanol–water partition coefficient (Wildman–Crippen LogP) is 4.93. The number of carbonyl (C=O) groups excluding carboxylic acids is 1. The second kappa shape index (κ2) is 8.82. The topological polar surface area (TPSA) is 104 Å². The van der Waals surface area contributed by atoms with E-state index < -0.39 is 10.0 Å². The van der Waals surface area contributed by atoms with Crippen molar-refractivity contribution in [2.45, 2.75) is 17.7 Å². The Balaban J connectivity index is 1.27. The van der Waals surface area contributed by atoms with E-state index in [2.05, 4.69) is 20.6 Å². The van der Waals surface area contributed by atoms with Crippen LogP contribution in [-0.2, 0) is 27.7 Å². The van der Waals surface area contributed by atoms with Gasteiger partial charge in [-0.05, 0) is 72.6 Å². The van der Waals surface area contributed by atoms with Gasteiger partial charge in [0.2, 0.25) is 11.9 Å². The summed E-state index contributed by atoms with van der Waals surface area (Å²) in [6.07, 6.45) is 2.18. The van der Waals surface area contributed by atoms with Gasteiger partial charge in [0.1, 0.15) is 5.82 Å². The summed E-state index contributed by atoms with van der Waals surface area (Å²) in [5.74, 6) is -0.280. The number of benzene rings is 3. The van der Waals surface area contributed by atoms with Crippen molar-refractivity contribution >= 4 is 50.5 Å². The molecule has 37 heavy (non-hydrogen) atoms. The third-order valence-electron chi connectivity index (χ3n) is 6.32. The SMILES string of the molecule is O=C1Cc2cnc(Nc3ccc(S(=O)(=O)N4CCc5cc(F)ccc54)cc3)nc2-c2ccc(Cl)cc2N1. The van der Waals surface area contributed by atoms with E-state index in [1.54, 1.807) is 36.5 Å². The van der Waals surface area contributed by atoms with Gasteiger partial charge in [-0.15, -0.1) is 0 Å². The van der Waals surface area contributed by atoms with Crippen LogP contribution < -0.4 is 14.9 Å². The van der Waals surface area contributed by atoms with Crippen molar-refractivity contribution in [2.24, 2.45) is 0 Å². The van der Waals surface area contributed by atoms with Crippen molar-refractivity contribution in [1.29, 1.82) is 0 Å². The molecule has 6 rings (SSSR count). The highest BCUT2D eigenvalue weighted by atomic mass is 35.5. The largest absolute Gasteiger partial charge is 0.325 e. The fourth-order valence-electron chi connectivity index (χ4n) is 4.58. The van der Waals surface area contributed by atoms with Gasteiger partial charge < -0.3 is 10.6 Å². The first kappa shape index (κ1) is 23.4. The zero-order valence-electron chi connectivity index (χ0n) is 19.2. The summed E-state index contributed by atoms with van der Waals surface area (Å²) in [7, 11) is -3.81. The summed E-state index contributed by atoms with van der Waals surface area (Å²) in [4.78, 5) is 21.4. The Morgan fingerprint density at radius 1 is 1.03 bits per heavy atom. The van der Waals surface area contributed by atoms with Crippen LogP contribution in [0.2, 0.25) is 5.02 Å². The van der Waals surface area contributed by atoms with Gasteiger partial charge in [-0.1, -0.05) is 11.6 Å². The van der Waals surface area contributed by atoms with Gasteiger partial charge in [0.15, 0.2) is 0 Å². The maximum Gasteiger partial charge on any atom is 0.264 e. The number of hydrogen-bond donors (Lipinski definition) is 2. The van der Waals surface area contributed by atoms with Gasteiger partial charge in [-0.2, -0.15) is 0 Å². The average molecular weight is 536 g/mol. The first-order valence-electron chi connectivity index (χ1n) is 11.4. The smallest absolute Gasteiger partial charge is 0.264 e. The standard InChI is InChI=1S/C26H19ClFN5O3S/c27-17-1-7-21-22(13-17)31-24(34)12-16-14-29-26(32-25(16)21)30-19-3-5-20(6-4-19)37(35,36)33-10-9-15-11-18(28)2-8-23(15)33/h1-8,11,13-14H,9-10,12H2,(H,31,34)(H,29,30,32). The Kier molecular flexibility index (Phi) is 5.58. The first-order valence-corrected chi connectivity index (χ1v) is 13.2. The van der Waals surface area contributed by atoms with Crippen molar-refractivity contribution < 1.29 is 17.6 Å². The molecule has 2 N–H and O–H groups in total. The summed E-state index contributed by atoms with van der Waals surface area (Å²) in [5, 5.41) is 6.43. The van der Waals surface area contributed by atoms with Crippen LogP contribution in [0.15, 0.2) is 71.8 Å². The summed E-state index contributed by atoms with van der Waals surface area (Å²) in [6.45, 7) is 0.258. The Labute approximate surface area is 217 Å². The van der Waals surface area contributed by atoms with Gasteiger partial charge in [-0.3, -0.25) is 9.10 Å². The Morgan fingerprint density at radius 3 is 2.65 bits per heavy atom. The number of nitrogens with zero attached hydrogens (tertiary/aromatic N) is 3. The Bertz CT molecular complexity index is 1680. The number of aromatic nitrogens is 2. The lowest BCUT2D eigenvalue weighted by atomic mass is 10.1. The molecule has 1 amide bonds. The van der Waals surface area contributed by atoms with E-state index >= 15 is 0 Å². The molecule has 4 aromatic rings. The Morgan fingerprint density at radius 2 is 1.84 bits per heavy atom. The van der Waals surface area contributed by atoms with Crippen LogP contribution in [0.25, 0.3) is 11.3 Å². The maximum atomic E-state index is 13.5. The summed E-state index contributed by atoms with van der Waals surface area (Å²) >= 11 is 6.10. The third-order valence-corrected chi connectivity index (χ3v) is 8.38. The molecule has 0 aliphatic carbocycles. The van der Waals surface area contributed by atoms with Crippen molar-refractivity contribution in [3.8, 4) is 11.3 Å². The number of halogens is 2. The molecule has 0 atom stereocenters. The van der Waals surface area contributed by atoms with E-state index in [1.807, 2.05) is 0 Å². The van der Waals surface area contributed by atoms with Crippen molar-refractivity contribution in [1.82, 2.24) is 9.97 Å². The minimum Gasteiger partial charge on any atom is -0.325 e. The predicted molar refractivity (Wildman–Crippen MR) is 139 cm³/mol. The molecule has 0 spiro atoms. The van der Waals surface area contributed by atoms with E-state index in [0.717, 1.165) is 5.56 Å². The molecule has 3 aromatic carbocycles. The minimum atomic E-state index is -3.81. The van der Waals surface area contributed by atoms with E-state index in [9.17, 15) is 17.6 Å². The van der Waals surface area contributed by atoms with E-state index in [4.69, 9.17) is 11.6 Å². The van der Waals surface area contributed by atoms with Crippen molar-refractivity contribution in [3.63, 3.8) is 0 Å². The van der Waals surface area contributed by atoms with Crippen LogP contribution in [-0.4, -0.2) is 30.8 Å². The number of hydrogen-bond acceptors (Lipinski definition) is 6. The zero-order chi connectivity index (χ0) is 25.7. The van der Waals surface area contributed by atoms with Gasteiger partial charge in [-0.25, -0.2) is 22.8 Å². The summed E-state index contributed by atoms with van der Waals surface area (Å²) < 4.78 is 41.4. The lowest BCUT2D eigenvalue weighted by Gasteiger charge is -2.19. The molecule has 3 heterocycles. The van der Waals surface area contributed by atoms with Gasteiger partial charge in [0, 0.05) is 34.6 Å². The lowest BCUT2D eigenvalue weighted by Crippen LogP contribution is -2.29. The van der Waals surface area contributed by atoms with E-state index in [1.165, 1.54) is 34.6 Å². The number of amides is 1. The Hall–Kier alpha value is -4.02. The van der Waals surface area contributed by atoms with Gasteiger partial charge >= 0.3 is 0 Å². The van der Waals surface area contributed by atoms with E-state index in [0.29, 0.717) is 51.3 Å². The number of fused-ring (bicyclic) bond motifs is 4. The molecular weight excluding hydrogens is 517 g/mol. The lowest BCUT2D eigenvalue weighted by molar-refractivity contribution is -0.115. The molecule has 11 heteroatoms. The van der Waals surface area contributed by atoms with Crippen LogP contribution in [0.3, 0.4) is 0 Å². The normalized spacial score (nSPS) is 14.3. The van der Waals surface area contributed by atoms with E-state index in [-0.39, 0.29) is 29.6 Å². The molecular formula is C26H19ClFN5O3S. The highest BCUT2D eigenvalue weighted by Crippen LogP contribution is 2.36. The molecule has 0 unspecified atom stereocenters. The fraction of sp³-hybridized carbons (Fsp3) is 0.115. The molecule has 0 fully saturated rings. The molecule has 0 saturated heterocycles. The summed E-state index contributed by atoms with van der Waals surface area (Å²) in [6, 6.07) is 15.6. The zero-order valence-corrected chi connectivity index (χ0v) is 20.8. The van der Waals surface area contributed by atoms with Crippen molar-refractivity contribution in [3.05, 3.63) is 88.8 Å². The minimum absolute atomic E-state index is 0.119. The molecule has 8 nitrogen and oxygen atoms in total. The first-order chi connectivity index (χ1) is 17.8. The second-order valence-corrected chi connectivity index (χ2v) is 11.0. The number of anilines is 4. The summed E-state index contributed by atoms with van der Waals surface area (Å²) in [5.41, 5.74) is 4.33. The third kappa shape index (κ3) is 4.28. The number of nitrogens with one attached hydrogen (secondary N) is 2. The van der Waals surface area contributed by atoms with Crippen LogP contribution in [0.5, 0.6) is 0 Å². The maximum absolute atomic E-state index is 13.5. The van der Waals surface area contributed by atoms with Crippen LogP contribution in [0, 0.1) is 5.82 Å². The van der Waals surface area contributed by atoms with Crippen LogP contribution >= 0.6 is 11.6 Å². The number of sulfonamides is 1. The molecule has 1 aromatic heterocycles. The van der Waals surface area contributed by atoms with Gasteiger partial charge in [0.25, 0.3) is 10.0 Å². The van der Waals surface area contributed by atoms with Crippen LogP contribution in [0.1, 0.15) is 11.1 Å². The van der Waals surface area contributed by atoms with Crippen molar-refractivity contribution in [2.75, 3.05) is 21.5 Å². The average Bonchev–Trinajstić information content (AvgIpc) is 3.23. The molecule has 0 radical (unpaired) electrons.